The van der Waals surface area contributed by atoms with E-state index in [2.05, 4.69) is 24.1 Å². The van der Waals surface area contributed by atoms with E-state index in [0.717, 1.165) is 44.2 Å². The van der Waals surface area contributed by atoms with E-state index in [1.807, 2.05) is 0 Å². The van der Waals surface area contributed by atoms with Crippen molar-refractivity contribution in [3.05, 3.63) is 35.4 Å². The summed E-state index contributed by atoms with van der Waals surface area (Å²) in [5.74, 6) is 0.585. The highest BCUT2D eigenvalue weighted by atomic mass is 19.4. The zero-order chi connectivity index (χ0) is 23.3. The summed E-state index contributed by atoms with van der Waals surface area (Å²) >= 11 is 0. The minimum Gasteiger partial charge on any atom is -0.354 e. The molecule has 8 heteroatoms. The van der Waals surface area contributed by atoms with Gasteiger partial charge in [-0.05, 0) is 48.9 Å². The van der Waals surface area contributed by atoms with Gasteiger partial charge in [-0.25, -0.2) is 0 Å². The molecule has 5 nitrogen and oxygen atoms in total. The molecule has 178 valence electrons. The molecule has 2 atom stereocenters. The number of carbonyl (C=O) groups is 2. The lowest BCUT2D eigenvalue weighted by Gasteiger charge is -2.41. The van der Waals surface area contributed by atoms with Crippen LogP contribution in [0.1, 0.15) is 61.9 Å². The molecule has 1 N–H and O–H groups in total. The van der Waals surface area contributed by atoms with E-state index in [1.54, 1.807) is 4.90 Å². The zero-order valence-electron chi connectivity index (χ0n) is 19.0. The molecule has 32 heavy (non-hydrogen) atoms. The number of alkyl halides is 3. The average Bonchev–Trinajstić information content (AvgIpc) is 3.31. The maximum atomic E-state index is 13.1. The Morgan fingerprint density at radius 3 is 2.19 bits per heavy atom. The van der Waals surface area contributed by atoms with Crippen molar-refractivity contribution >= 4 is 11.8 Å². The Balaban J connectivity index is 1.61. The number of piperazine rings is 1. The number of hydrogen-bond donors (Lipinski definition) is 1. The second-order valence-corrected chi connectivity index (χ2v) is 9.15. The minimum absolute atomic E-state index is 0.0831. The number of rotatable bonds is 7. The van der Waals surface area contributed by atoms with Gasteiger partial charge in [0, 0.05) is 38.3 Å². The molecule has 1 saturated heterocycles. The maximum Gasteiger partial charge on any atom is 0.416 e. The Kier molecular flexibility index (Phi) is 8.20. The van der Waals surface area contributed by atoms with Gasteiger partial charge in [0.05, 0.1) is 11.6 Å². The molecule has 0 aromatic heterocycles. The van der Waals surface area contributed by atoms with E-state index >= 15 is 0 Å². The first kappa shape index (κ1) is 24.6. The summed E-state index contributed by atoms with van der Waals surface area (Å²) < 4.78 is 38.3. The molecule has 3 rings (SSSR count). The summed E-state index contributed by atoms with van der Waals surface area (Å²) in [4.78, 5) is 29.7. The van der Waals surface area contributed by atoms with Gasteiger partial charge < -0.3 is 10.2 Å². The standard InChI is InChI=1S/C24H34F3N3O2/c1-3-17(2)16-28-22(31)21(18-6-4-5-7-18)29-12-14-30(15-13-29)23(32)19-8-10-20(11-9-19)24(25,26)27/h8-11,17-18,21H,3-7,12-16H2,1-2H3,(H,28,31)/t17-,21+/m0/s1. The quantitative estimate of drug-likeness (QED) is 0.674. The monoisotopic (exact) mass is 453 g/mol. The van der Waals surface area contributed by atoms with Crippen LogP contribution < -0.4 is 5.32 Å². The third kappa shape index (κ3) is 6.03. The highest BCUT2D eigenvalue weighted by molar-refractivity contribution is 5.94. The van der Waals surface area contributed by atoms with Gasteiger partial charge >= 0.3 is 6.18 Å². The first-order valence-corrected chi connectivity index (χ1v) is 11.7. The predicted octanol–water partition coefficient (Wildman–Crippen LogP) is 4.18. The van der Waals surface area contributed by atoms with Crippen molar-refractivity contribution in [1.82, 2.24) is 15.1 Å². The lowest BCUT2D eigenvalue weighted by Crippen LogP contribution is -2.58. The fraction of sp³-hybridized carbons (Fsp3) is 0.667. The highest BCUT2D eigenvalue weighted by Gasteiger charge is 2.37. The molecule has 1 heterocycles. The molecule has 0 spiro atoms. The van der Waals surface area contributed by atoms with Crippen molar-refractivity contribution in [1.29, 1.82) is 0 Å². The Morgan fingerprint density at radius 2 is 1.66 bits per heavy atom. The van der Waals surface area contributed by atoms with Gasteiger partial charge in [0.2, 0.25) is 5.91 Å². The molecule has 1 aromatic carbocycles. The Labute approximate surface area is 188 Å². The van der Waals surface area contributed by atoms with Gasteiger partial charge in [-0.1, -0.05) is 33.1 Å². The van der Waals surface area contributed by atoms with Gasteiger partial charge in [-0.2, -0.15) is 13.2 Å². The molecule has 2 fully saturated rings. The highest BCUT2D eigenvalue weighted by Crippen LogP contribution is 2.32. The summed E-state index contributed by atoms with van der Waals surface area (Å²) in [6, 6.07) is 4.19. The van der Waals surface area contributed by atoms with Crippen molar-refractivity contribution in [3.63, 3.8) is 0 Å². The van der Waals surface area contributed by atoms with E-state index in [9.17, 15) is 22.8 Å². The van der Waals surface area contributed by atoms with Crippen molar-refractivity contribution in [2.24, 2.45) is 11.8 Å². The molecule has 0 radical (unpaired) electrons. The normalized spacial score (nSPS) is 20.2. The van der Waals surface area contributed by atoms with Crippen molar-refractivity contribution in [2.45, 2.75) is 58.2 Å². The smallest absolute Gasteiger partial charge is 0.354 e. The van der Waals surface area contributed by atoms with Crippen molar-refractivity contribution in [2.75, 3.05) is 32.7 Å². The first-order valence-electron chi connectivity index (χ1n) is 11.7. The lowest BCUT2D eigenvalue weighted by atomic mass is 9.94. The van der Waals surface area contributed by atoms with E-state index in [-0.39, 0.29) is 23.4 Å². The van der Waals surface area contributed by atoms with Gasteiger partial charge in [0.25, 0.3) is 5.91 Å². The van der Waals surface area contributed by atoms with Crippen LogP contribution in [0.25, 0.3) is 0 Å². The van der Waals surface area contributed by atoms with Crippen LogP contribution in [0.5, 0.6) is 0 Å². The molecule has 0 unspecified atom stereocenters. The van der Waals surface area contributed by atoms with E-state index in [1.165, 1.54) is 12.1 Å². The fourth-order valence-corrected chi connectivity index (χ4v) is 4.66. The van der Waals surface area contributed by atoms with E-state index in [0.29, 0.717) is 44.6 Å². The number of amides is 2. The third-order valence-corrected chi connectivity index (χ3v) is 6.89. The molecule has 0 bridgehead atoms. The van der Waals surface area contributed by atoms with Crippen molar-refractivity contribution in [3.8, 4) is 0 Å². The SMILES string of the molecule is CC[C@H](C)CNC(=O)[C@@H](C1CCCC1)N1CCN(C(=O)c2ccc(C(F)(F)F)cc2)CC1. The van der Waals surface area contributed by atoms with Crippen LogP contribution in [0.15, 0.2) is 24.3 Å². The maximum absolute atomic E-state index is 13.1. The number of benzene rings is 1. The molecule has 2 aliphatic rings. The largest absolute Gasteiger partial charge is 0.416 e. The molecule has 1 saturated carbocycles. The van der Waals surface area contributed by atoms with E-state index < -0.39 is 11.7 Å². The first-order chi connectivity index (χ1) is 15.2. The number of carbonyl (C=O) groups excluding carboxylic acids is 2. The molecule has 1 aliphatic heterocycles. The van der Waals surface area contributed by atoms with Gasteiger partial charge in [0.15, 0.2) is 0 Å². The fourth-order valence-electron chi connectivity index (χ4n) is 4.66. The summed E-state index contributed by atoms with van der Waals surface area (Å²) in [6.07, 6.45) is 0.980. The number of nitrogens with zero attached hydrogens (tertiary/aromatic N) is 2. The summed E-state index contributed by atoms with van der Waals surface area (Å²) in [5, 5.41) is 3.13. The van der Waals surface area contributed by atoms with Crippen LogP contribution in [0, 0.1) is 11.8 Å². The van der Waals surface area contributed by atoms with Gasteiger partial charge in [0.1, 0.15) is 0 Å². The Hall–Kier alpha value is -2.09. The number of hydrogen-bond acceptors (Lipinski definition) is 3. The van der Waals surface area contributed by atoms with Crippen LogP contribution >= 0.6 is 0 Å². The average molecular weight is 454 g/mol. The summed E-state index contributed by atoms with van der Waals surface area (Å²) in [5.41, 5.74) is -0.508. The van der Waals surface area contributed by atoms with Crippen LogP contribution in [-0.2, 0) is 11.0 Å². The van der Waals surface area contributed by atoms with Crippen LogP contribution in [-0.4, -0.2) is 60.4 Å². The van der Waals surface area contributed by atoms with Gasteiger partial charge in [-0.15, -0.1) is 0 Å². The third-order valence-electron chi connectivity index (χ3n) is 6.89. The van der Waals surface area contributed by atoms with E-state index in [4.69, 9.17) is 0 Å². The zero-order valence-corrected chi connectivity index (χ0v) is 19.0. The number of halogens is 3. The Morgan fingerprint density at radius 1 is 1.06 bits per heavy atom. The lowest BCUT2D eigenvalue weighted by molar-refractivity contribution is -0.137. The van der Waals surface area contributed by atoms with Crippen LogP contribution in [0.3, 0.4) is 0 Å². The topological polar surface area (TPSA) is 52.7 Å². The summed E-state index contributed by atoms with van der Waals surface area (Å²) in [7, 11) is 0. The summed E-state index contributed by atoms with van der Waals surface area (Å²) in [6.45, 7) is 7.00. The minimum atomic E-state index is -4.42. The Bertz CT molecular complexity index is 768. The van der Waals surface area contributed by atoms with Gasteiger partial charge in [-0.3, -0.25) is 14.5 Å². The van der Waals surface area contributed by atoms with Crippen molar-refractivity contribution < 1.29 is 22.8 Å². The molecular formula is C24H34F3N3O2. The predicted molar refractivity (Wildman–Crippen MR) is 117 cm³/mol. The number of nitrogens with one attached hydrogen (secondary N) is 1. The molecule has 1 aliphatic carbocycles. The second kappa shape index (κ2) is 10.7. The molecular weight excluding hydrogens is 419 g/mol. The molecule has 2 amide bonds. The second-order valence-electron chi connectivity index (χ2n) is 9.15. The van der Waals surface area contributed by atoms with Crippen LogP contribution in [0.4, 0.5) is 13.2 Å². The van der Waals surface area contributed by atoms with Crippen LogP contribution in [0.2, 0.25) is 0 Å². The molecule has 1 aromatic rings.